The molecule has 206 valence electrons. The van der Waals surface area contributed by atoms with Crippen LogP contribution in [0.4, 0.5) is 0 Å². The third-order valence-electron chi connectivity index (χ3n) is 7.42. The first kappa shape index (κ1) is 28.2. The van der Waals surface area contributed by atoms with Crippen LogP contribution in [-0.2, 0) is 23.2 Å². The van der Waals surface area contributed by atoms with Gasteiger partial charge in [0.1, 0.15) is 11.5 Å². The molecule has 1 aliphatic heterocycles. The number of likely N-dealkylation sites (tertiary alicyclic amines) is 1. The van der Waals surface area contributed by atoms with E-state index in [1.165, 1.54) is 5.56 Å². The van der Waals surface area contributed by atoms with Gasteiger partial charge < -0.3 is 19.1 Å². The zero-order chi connectivity index (χ0) is 28.2. The summed E-state index contributed by atoms with van der Waals surface area (Å²) in [4.78, 5) is 19.9. The molecule has 0 radical (unpaired) electrons. The molecule has 0 saturated carbocycles. The maximum Gasteiger partial charge on any atom is 0.223 e. The number of pyridine rings is 1. The van der Waals surface area contributed by atoms with Crippen molar-refractivity contribution in [1.29, 1.82) is 0 Å². The molecule has 0 spiro atoms. The number of amides is 1. The molecule has 0 aliphatic carbocycles. The summed E-state index contributed by atoms with van der Waals surface area (Å²) < 4.78 is 16.6. The van der Waals surface area contributed by atoms with Gasteiger partial charge in [-0.1, -0.05) is 64.1 Å². The van der Waals surface area contributed by atoms with Crippen LogP contribution in [0.2, 0.25) is 0 Å². The maximum atomic E-state index is 13.1. The summed E-state index contributed by atoms with van der Waals surface area (Å²) >= 11 is 0. The predicted octanol–water partition coefficient (Wildman–Crippen LogP) is 6.59. The lowest BCUT2D eigenvalue weighted by molar-refractivity contribution is -0.129. The second-order valence-electron chi connectivity index (χ2n) is 10.9. The van der Waals surface area contributed by atoms with Gasteiger partial charge in [-0.05, 0) is 47.6 Å². The van der Waals surface area contributed by atoms with Crippen LogP contribution >= 0.6 is 0 Å². The fraction of sp³-hybridized carbons (Fsp3) is 0.394. The number of aromatic nitrogens is 1. The number of ether oxygens (including phenoxy) is 3. The summed E-state index contributed by atoms with van der Waals surface area (Å²) in [6.45, 7) is 9.18. The molecular formula is C33H40N2O4. The lowest BCUT2D eigenvalue weighted by atomic mass is 9.86. The van der Waals surface area contributed by atoms with Crippen molar-refractivity contribution in [3.8, 4) is 17.4 Å². The van der Waals surface area contributed by atoms with Crippen LogP contribution in [0.15, 0.2) is 60.7 Å². The van der Waals surface area contributed by atoms with Gasteiger partial charge in [-0.15, -0.1) is 0 Å². The zero-order valence-corrected chi connectivity index (χ0v) is 24.2. The fourth-order valence-electron chi connectivity index (χ4n) is 5.04. The smallest absolute Gasteiger partial charge is 0.223 e. The summed E-state index contributed by atoms with van der Waals surface area (Å²) in [5.74, 6) is 2.19. The highest BCUT2D eigenvalue weighted by Crippen LogP contribution is 2.34. The SMILES string of the molecule is CCc1ccc(C(=C[C@H]2CCC(=O)N2Cc2ccc(OC)cc2OC)c2ccc(C(C)(C)C)cc2)nc1OC. The summed E-state index contributed by atoms with van der Waals surface area (Å²) in [5, 5.41) is 0. The maximum absolute atomic E-state index is 13.1. The Morgan fingerprint density at radius 1 is 0.974 bits per heavy atom. The first-order chi connectivity index (χ1) is 18.7. The van der Waals surface area contributed by atoms with E-state index in [-0.39, 0.29) is 17.4 Å². The van der Waals surface area contributed by atoms with E-state index in [9.17, 15) is 4.79 Å². The summed E-state index contributed by atoms with van der Waals surface area (Å²) in [5.41, 5.74) is 6.20. The van der Waals surface area contributed by atoms with Gasteiger partial charge in [0.2, 0.25) is 11.8 Å². The molecular weight excluding hydrogens is 488 g/mol. The quantitative estimate of drug-likeness (QED) is 0.314. The van der Waals surface area contributed by atoms with Gasteiger partial charge in [-0.2, -0.15) is 0 Å². The van der Waals surface area contributed by atoms with Crippen molar-refractivity contribution in [3.05, 3.63) is 88.6 Å². The lowest BCUT2D eigenvalue weighted by Crippen LogP contribution is -2.31. The molecule has 1 fully saturated rings. The van der Waals surface area contributed by atoms with E-state index in [1.54, 1.807) is 21.3 Å². The molecule has 39 heavy (non-hydrogen) atoms. The Balaban J connectivity index is 1.77. The van der Waals surface area contributed by atoms with E-state index in [4.69, 9.17) is 19.2 Å². The number of methoxy groups -OCH3 is 3. The van der Waals surface area contributed by atoms with Crippen molar-refractivity contribution in [2.45, 2.75) is 65.0 Å². The molecule has 1 aliphatic rings. The minimum absolute atomic E-state index is 0.0543. The molecule has 0 bridgehead atoms. The molecule has 2 heterocycles. The Kier molecular flexibility index (Phi) is 8.63. The monoisotopic (exact) mass is 528 g/mol. The number of nitrogens with zero attached hydrogens (tertiary/aromatic N) is 2. The number of benzene rings is 2. The third kappa shape index (κ3) is 6.27. The molecule has 1 aromatic heterocycles. The van der Waals surface area contributed by atoms with E-state index in [1.807, 2.05) is 23.1 Å². The molecule has 2 aromatic carbocycles. The van der Waals surface area contributed by atoms with E-state index in [2.05, 4.69) is 70.2 Å². The second-order valence-corrected chi connectivity index (χ2v) is 10.9. The number of hydrogen-bond acceptors (Lipinski definition) is 5. The largest absolute Gasteiger partial charge is 0.497 e. The topological polar surface area (TPSA) is 60.9 Å². The van der Waals surface area contributed by atoms with E-state index in [0.717, 1.165) is 46.5 Å². The Morgan fingerprint density at radius 2 is 1.69 bits per heavy atom. The van der Waals surface area contributed by atoms with Gasteiger partial charge >= 0.3 is 0 Å². The van der Waals surface area contributed by atoms with Crippen LogP contribution in [-0.4, -0.2) is 43.2 Å². The molecule has 0 unspecified atom stereocenters. The van der Waals surface area contributed by atoms with Gasteiger partial charge in [-0.25, -0.2) is 4.98 Å². The average Bonchev–Trinajstić information content (AvgIpc) is 3.29. The Morgan fingerprint density at radius 3 is 2.31 bits per heavy atom. The van der Waals surface area contributed by atoms with Gasteiger partial charge in [0.05, 0.1) is 33.1 Å². The van der Waals surface area contributed by atoms with Gasteiger partial charge in [0, 0.05) is 35.7 Å². The highest BCUT2D eigenvalue weighted by atomic mass is 16.5. The molecule has 1 amide bonds. The highest BCUT2D eigenvalue weighted by molar-refractivity contribution is 5.83. The van der Waals surface area contributed by atoms with Crippen LogP contribution in [0, 0.1) is 0 Å². The standard InChI is InChI=1S/C33H40N2O4/c1-8-22-12-17-29(34-32(22)39-7)28(23-9-13-25(14-10-23)33(2,3)4)19-26-15-18-31(36)35(26)21-24-11-16-27(37-5)20-30(24)38-6/h9-14,16-17,19-20,26H,8,15,18,21H2,1-7H3/t26-/m1/s1. The van der Waals surface area contributed by atoms with Crippen molar-refractivity contribution in [3.63, 3.8) is 0 Å². The van der Waals surface area contributed by atoms with Crippen LogP contribution in [0.5, 0.6) is 17.4 Å². The van der Waals surface area contributed by atoms with Crippen molar-refractivity contribution in [2.75, 3.05) is 21.3 Å². The molecule has 6 nitrogen and oxygen atoms in total. The van der Waals surface area contributed by atoms with Crippen molar-refractivity contribution in [2.24, 2.45) is 0 Å². The minimum atomic E-state index is -0.0831. The summed E-state index contributed by atoms with van der Waals surface area (Å²) in [6.07, 6.45) is 4.28. The predicted molar refractivity (Wildman–Crippen MR) is 156 cm³/mol. The minimum Gasteiger partial charge on any atom is -0.497 e. The van der Waals surface area contributed by atoms with Gasteiger partial charge in [0.25, 0.3) is 0 Å². The van der Waals surface area contributed by atoms with Crippen molar-refractivity contribution >= 4 is 11.5 Å². The number of rotatable bonds is 9. The van der Waals surface area contributed by atoms with Crippen LogP contribution in [0.3, 0.4) is 0 Å². The van der Waals surface area contributed by atoms with E-state index >= 15 is 0 Å². The third-order valence-corrected chi connectivity index (χ3v) is 7.42. The Bertz CT molecular complexity index is 1340. The molecule has 1 atom stereocenters. The number of carbonyl (C=O) groups excluding carboxylic acids is 1. The van der Waals surface area contributed by atoms with Gasteiger partial charge in [-0.3, -0.25) is 4.79 Å². The van der Waals surface area contributed by atoms with Crippen LogP contribution < -0.4 is 14.2 Å². The fourth-order valence-corrected chi connectivity index (χ4v) is 5.04. The van der Waals surface area contributed by atoms with E-state index in [0.29, 0.717) is 24.6 Å². The van der Waals surface area contributed by atoms with Crippen molar-refractivity contribution in [1.82, 2.24) is 9.88 Å². The normalized spacial score (nSPS) is 16.0. The molecule has 3 aromatic rings. The molecule has 6 heteroatoms. The number of hydrogen-bond donors (Lipinski definition) is 0. The number of carbonyl (C=O) groups is 1. The van der Waals surface area contributed by atoms with E-state index < -0.39 is 0 Å². The summed E-state index contributed by atoms with van der Waals surface area (Å²) in [6, 6.07) is 18.4. The van der Waals surface area contributed by atoms with Crippen molar-refractivity contribution < 1.29 is 19.0 Å². The molecule has 1 saturated heterocycles. The Hall–Kier alpha value is -3.80. The first-order valence-corrected chi connectivity index (χ1v) is 13.6. The van der Waals surface area contributed by atoms with Gasteiger partial charge in [0.15, 0.2) is 0 Å². The second kappa shape index (κ2) is 11.9. The average molecular weight is 529 g/mol. The zero-order valence-electron chi connectivity index (χ0n) is 24.2. The molecule has 4 rings (SSSR count). The van der Waals surface area contributed by atoms with Crippen LogP contribution in [0.25, 0.3) is 5.57 Å². The Labute approximate surface area is 232 Å². The van der Waals surface area contributed by atoms with Crippen LogP contribution in [0.1, 0.15) is 68.5 Å². The molecule has 0 N–H and O–H groups in total. The highest BCUT2D eigenvalue weighted by Gasteiger charge is 2.31. The summed E-state index contributed by atoms with van der Waals surface area (Å²) in [7, 11) is 4.93. The first-order valence-electron chi connectivity index (χ1n) is 13.6. The number of aryl methyl sites for hydroxylation is 1. The lowest BCUT2D eigenvalue weighted by Gasteiger charge is -2.25.